The molecule has 3 atom stereocenters. The minimum atomic E-state index is -0.756. The number of nitrogens with zero attached hydrogens (tertiary/aromatic N) is 1. The van der Waals surface area contributed by atoms with Crippen molar-refractivity contribution in [1.82, 2.24) is 10.2 Å². The number of carbonyl (C=O) groups is 2. The Morgan fingerprint density at radius 3 is 2.81 bits per heavy atom. The van der Waals surface area contributed by atoms with Gasteiger partial charge in [-0.05, 0) is 44.4 Å². The normalized spacial score (nSPS) is 29.4. The van der Waals surface area contributed by atoms with Crippen LogP contribution in [0.4, 0.5) is 4.79 Å². The van der Waals surface area contributed by atoms with Crippen molar-refractivity contribution in [2.24, 2.45) is 5.92 Å². The molecule has 2 rings (SSSR count). The molecule has 0 bridgehead atoms. The number of hydrogen-bond acceptors (Lipinski definition) is 3. The number of carbonyl (C=O) groups excluding carboxylic acids is 1. The molecule has 2 fully saturated rings. The average Bonchev–Trinajstić information content (AvgIpc) is 2.93. The molecule has 1 saturated heterocycles. The summed E-state index contributed by atoms with van der Waals surface area (Å²) in [5.41, 5.74) is 0. The quantitative estimate of drug-likeness (QED) is 0.811. The summed E-state index contributed by atoms with van der Waals surface area (Å²) in [6.45, 7) is 1.45. The van der Waals surface area contributed by atoms with Gasteiger partial charge in [-0.25, -0.2) is 4.79 Å². The maximum Gasteiger partial charge on any atom is 0.317 e. The number of rotatable bonds is 5. The van der Waals surface area contributed by atoms with Crippen LogP contribution in [0.5, 0.6) is 0 Å². The summed E-state index contributed by atoms with van der Waals surface area (Å²) in [5.74, 6) is -0.441. The Bertz CT molecular complexity index is 375. The Morgan fingerprint density at radius 1 is 1.33 bits per heavy atom. The summed E-state index contributed by atoms with van der Waals surface area (Å²) in [5, 5.41) is 11.8. The molecule has 3 unspecified atom stereocenters. The molecule has 0 aromatic carbocycles. The molecule has 0 aromatic heterocycles. The molecule has 1 aliphatic heterocycles. The number of amides is 2. The maximum absolute atomic E-state index is 12.3. The zero-order valence-corrected chi connectivity index (χ0v) is 12.7. The highest BCUT2D eigenvalue weighted by molar-refractivity contribution is 5.74. The first-order chi connectivity index (χ1) is 10.1. The van der Waals surface area contributed by atoms with Crippen LogP contribution in [0.2, 0.25) is 0 Å². The lowest BCUT2D eigenvalue weighted by molar-refractivity contribution is -0.137. The van der Waals surface area contributed by atoms with E-state index >= 15 is 0 Å². The molecule has 0 spiro atoms. The Morgan fingerprint density at radius 2 is 2.14 bits per heavy atom. The van der Waals surface area contributed by atoms with Gasteiger partial charge in [0.2, 0.25) is 0 Å². The Hall–Kier alpha value is -1.30. The molecule has 1 aliphatic carbocycles. The van der Waals surface area contributed by atoms with Gasteiger partial charge in [-0.15, -0.1) is 0 Å². The van der Waals surface area contributed by atoms with Crippen LogP contribution in [0, 0.1) is 5.92 Å². The lowest BCUT2D eigenvalue weighted by Gasteiger charge is -2.33. The zero-order chi connectivity index (χ0) is 15.2. The lowest BCUT2D eigenvalue weighted by atomic mass is 9.93. The van der Waals surface area contributed by atoms with Crippen molar-refractivity contribution in [3.8, 4) is 0 Å². The van der Waals surface area contributed by atoms with E-state index in [1.54, 1.807) is 7.11 Å². The summed E-state index contributed by atoms with van der Waals surface area (Å²) in [6.07, 6.45) is 5.96. The maximum atomic E-state index is 12.3. The fourth-order valence-electron chi connectivity index (χ4n) is 3.36. The summed E-state index contributed by atoms with van der Waals surface area (Å²) in [4.78, 5) is 24.8. The smallest absolute Gasteiger partial charge is 0.317 e. The van der Waals surface area contributed by atoms with Gasteiger partial charge >= 0.3 is 12.0 Å². The number of piperidine rings is 1. The van der Waals surface area contributed by atoms with Crippen LogP contribution in [0.15, 0.2) is 0 Å². The number of carboxylic acids is 1. The first kappa shape index (κ1) is 16.1. The molecule has 1 heterocycles. The third-order valence-corrected chi connectivity index (χ3v) is 4.62. The van der Waals surface area contributed by atoms with Gasteiger partial charge in [-0.3, -0.25) is 4.79 Å². The van der Waals surface area contributed by atoms with Gasteiger partial charge < -0.3 is 20.1 Å². The van der Waals surface area contributed by atoms with Crippen molar-refractivity contribution in [3.05, 3.63) is 0 Å². The van der Waals surface area contributed by atoms with E-state index in [-0.39, 0.29) is 24.6 Å². The first-order valence-corrected chi connectivity index (χ1v) is 7.88. The Balaban J connectivity index is 1.75. The second kappa shape index (κ2) is 7.64. The monoisotopic (exact) mass is 298 g/mol. The summed E-state index contributed by atoms with van der Waals surface area (Å²) in [7, 11) is 1.71. The SMILES string of the molecule is COC1CCC(NC(=O)N2CCCC(CCC(=O)O)C2)C1. The summed E-state index contributed by atoms with van der Waals surface area (Å²) in [6, 6.07) is 0.207. The highest BCUT2D eigenvalue weighted by Gasteiger charge is 2.29. The fraction of sp³-hybridized carbons (Fsp3) is 0.867. The van der Waals surface area contributed by atoms with E-state index in [4.69, 9.17) is 9.84 Å². The minimum absolute atomic E-state index is 0.00298. The van der Waals surface area contributed by atoms with Gasteiger partial charge in [0.15, 0.2) is 0 Å². The van der Waals surface area contributed by atoms with Crippen molar-refractivity contribution < 1.29 is 19.4 Å². The summed E-state index contributed by atoms with van der Waals surface area (Å²) < 4.78 is 5.32. The molecular weight excluding hydrogens is 272 g/mol. The van der Waals surface area contributed by atoms with Crippen LogP contribution >= 0.6 is 0 Å². The molecule has 0 radical (unpaired) electrons. The third kappa shape index (κ3) is 4.88. The predicted molar refractivity (Wildman–Crippen MR) is 78.1 cm³/mol. The molecular formula is C15H26N2O4. The number of urea groups is 1. The summed E-state index contributed by atoms with van der Waals surface area (Å²) >= 11 is 0. The molecule has 1 saturated carbocycles. The van der Waals surface area contributed by atoms with E-state index in [9.17, 15) is 9.59 Å². The van der Waals surface area contributed by atoms with Crippen LogP contribution in [-0.2, 0) is 9.53 Å². The molecule has 21 heavy (non-hydrogen) atoms. The topological polar surface area (TPSA) is 78.9 Å². The van der Waals surface area contributed by atoms with Gasteiger partial charge in [-0.2, -0.15) is 0 Å². The zero-order valence-electron chi connectivity index (χ0n) is 12.7. The highest BCUT2D eigenvalue weighted by atomic mass is 16.5. The molecule has 2 aliphatic rings. The molecule has 2 N–H and O–H groups in total. The van der Waals surface area contributed by atoms with Crippen molar-refractivity contribution in [2.45, 2.75) is 57.1 Å². The van der Waals surface area contributed by atoms with Crippen LogP contribution in [0.25, 0.3) is 0 Å². The van der Waals surface area contributed by atoms with Crippen molar-refractivity contribution in [3.63, 3.8) is 0 Å². The van der Waals surface area contributed by atoms with Crippen LogP contribution in [0.1, 0.15) is 44.9 Å². The number of methoxy groups -OCH3 is 1. The second-order valence-corrected chi connectivity index (χ2v) is 6.20. The molecule has 6 nitrogen and oxygen atoms in total. The van der Waals surface area contributed by atoms with Gasteiger partial charge in [0, 0.05) is 32.7 Å². The van der Waals surface area contributed by atoms with E-state index in [2.05, 4.69) is 5.32 Å². The number of aliphatic carboxylic acids is 1. The standard InChI is InChI=1S/C15H26N2O4/c1-21-13-6-5-12(9-13)16-15(20)17-8-2-3-11(10-17)4-7-14(18)19/h11-13H,2-10H2,1H3,(H,16,20)(H,18,19). The number of likely N-dealkylation sites (tertiary alicyclic amines) is 1. The molecule has 6 heteroatoms. The average molecular weight is 298 g/mol. The minimum Gasteiger partial charge on any atom is -0.481 e. The molecule has 2 amide bonds. The lowest BCUT2D eigenvalue weighted by Crippen LogP contribution is -2.48. The largest absolute Gasteiger partial charge is 0.481 e. The Labute approximate surface area is 125 Å². The van der Waals surface area contributed by atoms with Crippen molar-refractivity contribution >= 4 is 12.0 Å². The van der Waals surface area contributed by atoms with Gasteiger partial charge in [0.25, 0.3) is 0 Å². The highest BCUT2D eigenvalue weighted by Crippen LogP contribution is 2.23. The third-order valence-electron chi connectivity index (χ3n) is 4.62. The van der Waals surface area contributed by atoms with E-state index < -0.39 is 5.97 Å². The molecule has 0 aromatic rings. The first-order valence-electron chi connectivity index (χ1n) is 7.88. The number of nitrogens with one attached hydrogen (secondary N) is 1. The van der Waals surface area contributed by atoms with E-state index in [1.807, 2.05) is 4.90 Å². The molecule has 120 valence electrons. The number of carboxylic acid groups (broad SMARTS) is 1. The van der Waals surface area contributed by atoms with E-state index in [0.29, 0.717) is 18.9 Å². The Kier molecular flexibility index (Phi) is 5.85. The van der Waals surface area contributed by atoms with Gasteiger partial charge in [0.05, 0.1) is 6.10 Å². The predicted octanol–water partition coefficient (Wildman–Crippen LogP) is 1.84. The second-order valence-electron chi connectivity index (χ2n) is 6.20. The van der Waals surface area contributed by atoms with Crippen LogP contribution in [0.3, 0.4) is 0 Å². The van der Waals surface area contributed by atoms with Gasteiger partial charge in [-0.1, -0.05) is 0 Å². The van der Waals surface area contributed by atoms with E-state index in [1.165, 1.54) is 0 Å². The van der Waals surface area contributed by atoms with E-state index in [0.717, 1.165) is 38.6 Å². The van der Waals surface area contributed by atoms with Gasteiger partial charge in [0.1, 0.15) is 0 Å². The fourth-order valence-corrected chi connectivity index (χ4v) is 3.36. The van der Waals surface area contributed by atoms with Crippen LogP contribution in [-0.4, -0.2) is 54.4 Å². The van der Waals surface area contributed by atoms with Crippen molar-refractivity contribution in [2.75, 3.05) is 20.2 Å². The number of hydrogen-bond donors (Lipinski definition) is 2. The van der Waals surface area contributed by atoms with Crippen LogP contribution < -0.4 is 5.32 Å². The van der Waals surface area contributed by atoms with Crippen molar-refractivity contribution in [1.29, 1.82) is 0 Å². The number of ether oxygens (including phenoxy) is 1.